The van der Waals surface area contributed by atoms with E-state index in [9.17, 15) is 9.59 Å². The third kappa shape index (κ3) is 3.50. The number of H-pyrrole nitrogens is 1. The van der Waals surface area contributed by atoms with E-state index >= 15 is 0 Å². The molecule has 0 spiro atoms. The van der Waals surface area contributed by atoms with Gasteiger partial charge in [-0.05, 0) is 38.3 Å². The topological polar surface area (TPSA) is 92.1 Å². The number of piperidine rings is 1. The Morgan fingerprint density at radius 2 is 2.16 bits per heavy atom. The summed E-state index contributed by atoms with van der Waals surface area (Å²) in [5, 5.41) is 4.01. The summed E-state index contributed by atoms with van der Waals surface area (Å²) in [5.74, 6) is 1.24. The summed E-state index contributed by atoms with van der Waals surface area (Å²) in [6.45, 7) is 8.85. The summed E-state index contributed by atoms with van der Waals surface area (Å²) in [6.07, 6.45) is 1.74. The molecule has 1 amide bonds. The van der Waals surface area contributed by atoms with Crippen molar-refractivity contribution in [1.82, 2.24) is 20.0 Å². The second-order valence-electron chi connectivity index (χ2n) is 7.06. The van der Waals surface area contributed by atoms with Gasteiger partial charge < -0.3 is 14.4 Å². The highest BCUT2D eigenvalue weighted by Gasteiger charge is 2.30. The van der Waals surface area contributed by atoms with Gasteiger partial charge in [-0.2, -0.15) is 4.98 Å². The Labute approximate surface area is 146 Å². The molecule has 1 aliphatic rings. The highest BCUT2D eigenvalue weighted by Crippen LogP contribution is 2.27. The number of aromatic nitrogens is 3. The number of nitrogens with zero attached hydrogens (tertiary/aromatic N) is 3. The first-order valence-electron chi connectivity index (χ1n) is 8.70. The summed E-state index contributed by atoms with van der Waals surface area (Å²) < 4.78 is 5.39. The third-order valence-corrected chi connectivity index (χ3v) is 4.76. The predicted octanol–water partition coefficient (Wildman–Crippen LogP) is 2.52. The van der Waals surface area contributed by atoms with Crippen LogP contribution >= 0.6 is 0 Å². The number of carbonyl (C=O) groups is 1. The highest BCUT2D eigenvalue weighted by molar-refractivity contribution is 5.94. The van der Waals surface area contributed by atoms with Crippen molar-refractivity contribution in [3.8, 4) is 0 Å². The molecule has 3 rings (SSSR count). The first-order chi connectivity index (χ1) is 11.9. The van der Waals surface area contributed by atoms with Gasteiger partial charge in [-0.3, -0.25) is 9.59 Å². The maximum atomic E-state index is 12.8. The van der Waals surface area contributed by atoms with Gasteiger partial charge in [-0.25, -0.2) is 0 Å². The van der Waals surface area contributed by atoms with E-state index in [1.54, 1.807) is 11.0 Å². The molecule has 1 fully saturated rings. The number of rotatable bonds is 3. The van der Waals surface area contributed by atoms with Crippen molar-refractivity contribution in [2.75, 3.05) is 13.1 Å². The minimum atomic E-state index is -0.338. The first kappa shape index (κ1) is 17.4. The highest BCUT2D eigenvalue weighted by atomic mass is 16.5. The average molecular weight is 344 g/mol. The molecule has 2 aromatic rings. The number of nitrogens with one attached hydrogen (secondary N) is 1. The fraction of sp³-hybridized carbons (Fsp3) is 0.556. The number of likely N-dealkylation sites (tertiary alicyclic amines) is 1. The molecular formula is C18H24N4O3. The number of hydrogen-bond acceptors (Lipinski definition) is 5. The van der Waals surface area contributed by atoms with E-state index in [4.69, 9.17) is 4.52 Å². The summed E-state index contributed by atoms with van der Waals surface area (Å²) in [7, 11) is 0. The van der Waals surface area contributed by atoms with E-state index in [-0.39, 0.29) is 28.9 Å². The molecule has 1 saturated heterocycles. The second kappa shape index (κ2) is 6.82. The van der Waals surface area contributed by atoms with Gasteiger partial charge in [-0.15, -0.1) is 0 Å². The van der Waals surface area contributed by atoms with E-state index in [0.29, 0.717) is 24.8 Å². The fourth-order valence-electron chi connectivity index (χ4n) is 3.07. The van der Waals surface area contributed by atoms with Crippen LogP contribution in [-0.2, 0) is 0 Å². The van der Waals surface area contributed by atoms with E-state index in [2.05, 4.69) is 15.1 Å². The van der Waals surface area contributed by atoms with Gasteiger partial charge in [0.05, 0.1) is 5.92 Å². The predicted molar refractivity (Wildman–Crippen MR) is 92.8 cm³/mol. The molecule has 0 aliphatic carbocycles. The maximum Gasteiger partial charge on any atom is 0.261 e. The quantitative estimate of drug-likeness (QED) is 0.923. The van der Waals surface area contributed by atoms with Crippen LogP contribution in [0.2, 0.25) is 0 Å². The summed E-state index contributed by atoms with van der Waals surface area (Å²) >= 11 is 0. The molecule has 0 unspecified atom stereocenters. The molecule has 7 nitrogen and oxygen atoms in total. The van der Waals surface area contributed by atoms with Crippen LogP contribution in [0, 0.1) is 13.8 Å². The summed E-state index contributed by atoms with van der Waals surface area (Å²) in [4.78, 5) is 33.9. The lowest BCUT2D eigenvalue weighted by Crippen LogP contribution is -2.41. The van der Waals surface area contributed by atoms with E-state index < -0.39 is 0 Å². The minimum absolute atomic E-state index is 0.0170. The number of aromatic amines is 1. The standard InChI is InChI=1S/C18H24N4O3/c1-10(2)15-20-17(25-21-15)13-6-5-7-22(9-13)18(24)14-8-11(3)12(4)19-16(14)23/h8,10,13H,5-7,9H2,1-4H3,(H,19,23)/t13-/m0/s1. The van der Waals surface area contributed by atoms with Gasteiger partial charge in [0.1, 0.15) is 5.56 Å². The molecule has 134 valence electrons. The average Bonchev–Trinajstić information content (AvgIpc) is 3.08. The number of amides is 1. The zero-order valence-electron chi connectivity index (χ0n) is 15.1. The van der Waals surface area contributed by atoms with Crippen LogP contribution < -0.4 is 5.56 Å². The number of aryl methyl sites for hydroxylation is 2. The number of pyridine rings is 1. The van der Waals surface area contributed by atoms with E-state index in [0.717, 1.165) is 24.1 Å². The lowest BCUT2D eigenvalue weighted by molar-refractivity contribution is 0.0693. The minimum Gasteiger partial charge on any atom is -0.339 e. The van der Waals surface area contributed by atoms with Crippen molar-refractivity contribution in [3.63, 3.8) is 0 Å². The van der Waals surface area contributed by atoms with Crippen LogP contribution in [0.15, 0.2) is 15.4 Å². The van der Waals surface area contributed by atoms with Crippen LogP contribution in [0.1, 0.15) is 71.9 Å². The first-order valence-corrected chi connectivity index (χ1v) is 8.70. The molecule has 1 N–H and O–H groups in total. The van der Waals surface area contributed by atoms with Gasteiger partial charge in [0.2, 0.25) is 5.89 Å². The monoisotopic (exact) mass is 344 g/mol. The smallest absolute Gasteiger partial charge is 0.261 e. The van der Waals surface area contributed by atoms with Crippen molar-refractivity contribution < 1.29 is 9.32 Å². The normalized spacial score (nSPS) is 18.0. The molecule has 0 bridgehead atoms. The lowest BCUT2D eigenvalue weighted by atomic mass is 9.97. The molecular weight excluding hydrogens is 320 g/mol. The van der Waals surface area contributed by atoms with Crippen LogP contribution in [0.25, 0.3) is 0 Å². The van der Waals surface area contributed by atoms with Gasteiger partial charge in [0.25, 0.3) is 11.5 Å². The van der Waals surface area contributed by atoms with Crippen molar-refractivity contribution in [3.05, 3.63) is 45.0 Å². The largest absolute Gasteiger partial charge is 0.339 e. The Balaban J connectivity index is 1.80. The van der Waals surface area contributed by atoms with Crippen LogP contribution in [-0.4, -0.2) is 39.0 Å². The summed E-state index contributed by atoms with van der Waals surface area (Å²) in [6, 6.07) is 1.67. The van der Waals surface area contributed by atoms with Crippen molar-refractivity contribution in [1.29, 1.82) is 0 Å². The van der Waals surface area contributed by atoms with Gasteiger partial charge in [0, 0.05) is 24.7 Å². The van der Waals surface area contributed by atoms with Crippen LogP contribution in [0.3, 0.4) is 0 Å². The molecule has 7 heteroatoms. The number of hydrogen-bond donors (Lipinski definition) is 1. The second-order valence-corrected chi connectivity index (χ2v) is 7.06. The molecule has 0 radical (unpaired) electrons. The molecule has 1 atom stereocenters. The molecule has 1 aliphatic heterocycles. The third-order valence-electron chi connectivity index (χ3n) is 4.76. The Kier molecular flexibility index (Phi) is 4.74. The van der Waals surface area contributed by atoms with Crippen molar-refractivity contribution in [2.24, 2.45) is 0 Å². The molecule has 0 aromatic carbocycles. The lowest BCUT2D eigenvalue weighted by Gasteiger charge is -2.31. The zero-order chi connectivity index (χ0) is 18.1. The number of carbonyl (C=O) groups excluding carboxylic acids is 1. The van der Waals surface area contributed by atoms with Gasteiger partial charge in [-0.1, -0.05) is 19.0 Å². The van der Waals surface area contributed by atoms with E-state index in [1.165, 1.54) is 0 Å². The van der Waals surface area contributed by atoms with E-state index in [1.807, 2.05) is 27.7 Å². The van der Waals surface area contributed by atoms with Crippen molar-refractivity contribution >= 4 is 5.91 Å². The maximum absolute atomic E-state index is 12.8. The fourth-order valence-corrected chi connectivity index (χ4v) is 3.07. The molecule has 2 aromatic heterocycles. The van der Waals surface area contributed by atoms with Crippen molar-refractivity contribution in [2.45, 2.75) is 52.4 Å². The van der Waals surface area contributed by atoms with Crippen LogP contribution in [0.5, 0.6) is 0 Å². The molecule has 25 heavy (non-hydrogen) atoms. The Morgan fingerprint density at radius 3 is 2.84 bits per heavy atom. The molecule has 0 saturated carbocycles. The zero-order valence-corrected chi connectivity index (χ0v) is 15.1. The van der Waals surface area contributed by atoms with Gasteiger partial charge in [0.15, 0.2) is 5.82 Å². The Bertz CT molecular complexity index is 837. The Morgan fingerprint density at radius 1 is 1.40 bits per heavy atom. The summed E-state index contributed by atoms with van der Waals surface area (Å²) in [5.41, 5.74) is 1.53. The SMILES string of the molecule is Cc1cc(C(=O)N2CCC[C@H](c3nc(C(C)C)no3)C2)c(=O)[nH]c1C. The molecule has 3 heterocycles. The van der Waals surface area contributed by atoms with Crippen LogP contribution in [0.4, 0.5) is 0 Å². The van der Waals surface area contributed by atoms with Gasteiger partial charge >= 0.3 is 0 Å². The Hall–Kier alpha value is -2.44.